The maximum atomic E-state index is 9.25. The molecule has 1 aromatic heterocycles. The van der Waals surface area contributed by atoms with Crippen LogP contribution in [0.4, 0.5) is 34.1 Å². The molecule has 2 nitrogen and oxygen atoms in total. The zero-order valence-electron chi connectivity index (χ0n) is 41.9. The third kappa shape index (κ3) is 5.32. The van der Waals surface area contributed by atoms with Crippen molar-refractivity contribution in [1.82, 2.24) is 0 Å². The van der Waals surface area contributed by atoms with Crippen molar-refractivity contribution in [1.29, 1.82) is 0 Å². The molecule has 0 N–H and O–H groups in total. The molecule has 0 radical (unpaired) electrons. The third-order valence-corrected chi connectivity index (χ3v) is 15.9. The lowest BCUT2D eigenvalue weighted by molar-refractivity contribution is 0.660. The molecule has 0 bridgehead atoms. The van der Waals surface area contributed by atoms with Gasteiger partial charge in [0, 0.05) is 54.0 Å². The first-order chi connectivity index (χ1) is 35.1. The van der Waals surface area contributed by atoms with Crippen molar-refractivity contribution in [3.05, 3.63) is 264 Å². The Morgan fingerprint density at radius 2 is 0.866 bits per heavy atom. The Hall–Kier alpha value is -7.98. The summed E-state index contributed by atoms with van der Waals surface area (Å²) in [7, 11) is 0. The van der Waals surface area contributed by atoms with Gasteiger partial charge in [-0.3, -0.25) is 0 Å². The van der Waals surface area contributed by atoms with Gasteiger partial charge < -0.3 is 9.80 Å². The van der Waals surface area contributed by atoms with Crippen LogP contribution in [0.25, 0.3) is 53.6 Å². The summed E-state index contributed by atoms with van der Waals surface area (Å²) in [6, 6.07) is 70.1. The van der Waals surface area contributed by atoms with Crippen molar-refractivity contribution in [2.75, 3.05) is 9.80 Å². The first-order valence-electron chi connectivity index (χ1n) is 25.4. The predicted octanol–water partition coefficient (Wildman–Crippen LogP) is 17.6. The molecular weight excluding hydrogens is 829 g/mol. The summed E-state index contributed by atoms with van der Waals surface area (Å²) in [5.41, 5.74) is 17.9. The van der Waals surface area contributed by atoms with E-state index >= 15 is 0 Å². The van der Waals surface area contributed by atoms with Crippen LogP contribution in [0.1, 0.15) is 54.1 Å². The number of hydrogen-bond acceptors (Lipinski definition) is 3. The maximum absolute atomic E-state index is 9.25. The smallest absolute Gasteiger partial charge is 0.0727 e. The van der Waals surface area contributed by atoms with Gasteiger partial charge >= 0.3 is 0 Å². The van der Waals surface area contributed by atoms with Gasteiger partial charge in [-0.2, -0.15) is 0 Å². The van der Waals surface area contributed by atoms with Gasteiger partial charge in [0.1, 0.15) is 0 Å². The highest BCUT2D eigenvalue weighted by Crippen LogP contribution is 2.64. The number of anilines is 6. The topological polar surface area (TPSA) is 6.48 Å². The molecule has 1 heterocycles. The normalized spacial score (nSPS) is 16.5. The van der Waals surface area contributed by atoms with Gasteiger partial charge in [0.15, 0.2) is 0 Å². The van der Waals surface area contributed by atoms with Gasteiger partial charge in [-0.15, -0.1) is 11.3 Å². The van der Waals surface area contributed by atoms with E-state index in [4.69, 9.17) is 4.11 Å². The molecule has 14 rings (SSSR count). The Morgan fingerprint density at radius 3 is 1.52 bits per heavy atom. The average molecular weight is 878 g/mol. The van der Waals surface area contributed by atoms with Gasteiger partial charge in [-0.25, -0.2) is 0 Å². The molecule has 1 unspecified atom stereocenters. The van der Waals surface area contributed by atoms with Crippen LogP contribution >= 0.6 is 11.3 Å². The molecule has 3 heteroatoms. The van der Waals surface area contributed by atoms with Crippen molar-refractivity contribution in [3.8, 4) is 33.4 Å². The minimum Gasteiger partial charge on any atom is -0.310 e. The Morgan fingerprint density at radius 1 is 0.373 bits per heavy atom. The first kappa shape index (κ1) is 33.5. The highest BCUT2D eigenvalue weighted by molar-refractivity contribution is 7.26. The molecule has 1 spiro atoms. The molecule has 3 aliphatic carbocycles. The second-order valence-electron chi connectivity index (χ2n) is 18.4. The molecule has 10 aromatic carbocycles. The molecule has 11 aromatic rings. The zero-order valence-corrected chi connectivity index (χ0v) is 37.7. The Kier molecular flexibility index (Phi) is 7.13. The molecule has 67 heavy (non-hydrogen) atoms. The third-order valence-electron chi connectivity index (χ3n) is 14.7. The minimum atomic E-state index is -0.791. The van der Waals surface area contributed by atoms with E-state index in [1.807, 2.05) is 52.6 Å². The monoisotopic (exact) mass is 877 g/mol. The molecule has 0 fully saturated rings. The molecular formula is C64H44N2S. The Balaban J connectivity index is 1.05. The van der Waals surface area contributed by atoms with Crippen LogP contribution in [-0.2, 0) is 10.8 Å². The van der Waals surface area contributed by atoms with Crippen LogP contribution < -0.4 is 9.80 Å². The van der Waals surface area contributed by atoms with Crippen LogP contribution in [-0.4, -0.2) is 0 Å². The quantitative estimate of drug-likeness (QED) is 0.164. The molecule has 1 atom stereocenters. The summed E-state index contributed by atoms with van der Waals surface area (Å²) in [5, 5.41) is 2.44. The van der Waals surface area contributed by atoms with Gasteiger partial charge in [0.2, 0.25) is 0 Å². The Labute approximate surface area is 402 Å². The standard InChI is InChI=1S/C64H44N2S/c1-63(2)53-26-13-9-22-46(53)49-35-33-44(38-56(49)63)66(59-29-17-31-61-62(59)52-25-12-16-30-60(52)67-61)45-34-37-51-48-24-11-15-28-55(48)64(58(51)40-45)54-27-14-10-23-47(54)50-36-32-43(39-57(50)64)65(41-18-5-3-6-19-41)42-20-7-4-8-21-42/h3-40H,1-2H3/i3D,5D,6D,18D,19D. The fraction of sp³-hybridized carbons (Fsp3) is 0.0625. The van der Waals surface area contributed by atoms with Gasteiger partial charge in [-0.1, -0.05) is 165 Å². The van der Waals surface area contributed by atoms with E-state index in [-0.39, 0.29) is 35.3 Å². The molecule has 0 aliphatic heterocycles. The summed E-state index contributed by atoms with van der Waals surface area (Å²) >= 11 is 1.83. The number of para-hydroxylation sites is 2. The molecule has 0 saturated carbocycles. The molecule has 0 amide bonds. The van der Waals surface area contributed by atoms with Crippen LogP contribution in [0.3, 0.4) is 0 Å². The number of nitrogens with zero attached hydrogens (tertiary/aromatic N) is 2. The number of hydrogen-bond donors (Lipinski definition) is 0. The van der Waals surface area contributed by atoms with Gasteiger partial charge in [-0.05, 0) is 146 Å². The second kappa shape index (κ2) is 14.3. The molecule has 3 aliphatic rings. The van der Waals surface area contributed by atoms with Gasteiger partial charge in [0.05, 0.1) is 18.0 Å². The molecule has 0 saturated heterocycles. The van der Waals surface area contributed by atoms with Crippen LogP contribution in [0.15, 0.2) is 230 Å². The summed E-state index contributed by atoms with van der Waals surface area (Å²) in [5.74, 6) is 0. The lowest BCUT2D eigenvalue weighted by Gasteiger charge is -2.33. The minimum absolute atomic E-state index is 0.0950. The second-order valence-corrected chi connectivity index (χ2v) is 19.5. The average Bonchev–Trinajstić information content (AvgIpc) is 4.12. The lowest BCUT2D eigenvalue weighted by Crippen LogP contribution is -2.26. The SMILES string of the molecule is [2H]c1c([2H])c([2H])c(N(c2ccccc2)c2ccc3c(c2)C2(c4ccccc4-3)c3ccccc3-c3ccc(N(c4ccc5c(c4)C(C)(C)c4ccccc4-5)c4cccc5sc6ccccc6c45)cc32)c([2H])c1[2H]. The largest absolute Gasteiger partial charge is 0.310 e. The van der Waals surface area contributed by atoms with Crippen molar-refractivity contribution < 1.29 is 6.85 Å². The summed E-state index contributed by atoms with van der Waals surface area (Å²) in [4.78, 5) is 4.31. The lowest BCUT2D eigenvalue weighted by atomic mass is 9.70. The first-order valence-corrected chi connectivity index (χ1v) is 23.7. The van der Waals surface area contributed by atoms with Crippen LogP contribution in [0.2, 0.25) is 0 Å². The molecule has 316 valence electrons. The highest BCUT2D eigenvalue weighted by Gasteiger charge is 2.52. The summed E-state index contributed by atoms with van der Waals surface area (Å²) in [6.07, 6.45) is 0. The van der Waals surface area contributed by atoms with E-state index in [1.165, 1.54) is 53.6 Å². The Bertz CT molecular complexity index is 4080. The van der Waals surface area contributed by atoms with Crippen molar-refractivity contribution >= 4 is 65.6 Å². The number of benzene rings is 10. The van der Waals surface area contributed by atoms with Crippen molar-refractivity contribution in [2.45, 2.75) is 24.7 Å². The number of thiophene rings is 1. The van der Waals surface area contributed by atoms with Crippen molar-refractivity contribution in [2.24, 2.45) is 0 Å². The zero-order chi connectivity index (χ0) is 48.8. The van der Waals surface area contributed by atoms with Gasteiger partial charge in [0.25, 0.3) is 0 Å². The fourth-order valence-electron chi connectivity index (χ4n) is 11.9. The van der Waals surface area contributed by atoms with E-state index in [1.54, 1.807) is 0 Å². The highest BCUT2D eigenvalue weighted by atomic mass is 32.1. The summed E-state index contributed by atoms with van der Waals surface area (Å²) < 4.78 is 47.0. The van der Waals surface area contributed by atoms with Crippen molar-refractivity contribution in [3.63, 3.8) is 0 Å². The fourth-order valence-corrected chi connectivity index (χ4v) is 13.1. The number of rotatable bonds is 6. The van der Waals surface area contributed by atoms with Crippen LogP contribution in [0, 0.1) is 0 Å². The summed E-state index contributed by atoms with van der Waals surface area (Å²) in [6.45, 7) is 4.69. The number of fused-ring (bicyclic) bond motifs is 16. The van der Waals surface area contributed by atoms with E-state index in [2.05, 4.69) is 183 Å². The van der Waals surface area contributed by atoms with Crippen LogP contribution in [0.5, 0.6) is 0 Å². The van der Waals surface area contributed by atoms with E-state index in [0.29, 0.717) is 11.4 Å². The maximum Gasteiger partial charge on any atom is 0.0727 e. The van der Waals surface area contributed by atoms with E-state index in [9.17, 15) is 2.74 Å². The van der Waals surface area contributed by atoms with E-state index in [0.717, 1.165) is 50.4 Å². The predicted molar refractivity (Wildman–Crippen MR) is 283 cm³/mol. The van der Waals surface area contributed by atoms with E-state index < -0.39 is 11.5 Å².